The Morgan fingerprint density at radius 3 is 2.48 bits per heavy atom. The number of carbonyl (C=O) groups is 1. The number of anilines is 2. The predicted octanol–water partition coefficient (Wildman–Crippen LogP) is 4.40. The molecule has 0 aliphatic heterocycles. The number of nitrogens with zero attached hydrogens (tertiary/aromatic N) is 3. The lowest BCUT2D eigenvalue weighted by atomic mass is 10.1. The van der Waals surface area contributed by atoms with Gasteiger partial charge in [-0.3, -0.25) is 4.79 Å². The number of nitrogens with one attached hydrogen (secondary N) is 1. The van der Waals surface area contributed by atoms with Crippen molar-refractivity contribution >= 4 is 17.3 Å². The van der Waals surface area contributed by atoms with E-state index in [2.05, 4.69) is 15.5 Å². The first-order chi connectivity index (χ1) is 14.7. The van der Waals surface area contributed by atoms with Crippen LogP contribution in [0, 0.1) is 0 Å². The standard InChI is InChI=1S/C21H21F3N4O3/c1-28(2)14-6-9-17(16(12-14)21(22,23)24)25-18(29)10-11-19-26-20(27-31-19)13-4-7-15(30-3)8-5-13/h4-9,12H,10-11H2,1-3H3,(H,25,29). The van der Waals surface area contributed by atoms with Crippen LogP contribution in [0.25, 0.3) is 11.4 Å². The zero-order valence-electron chi connectivity index (χ0n) is 17.2. The van der Waals surface area contributed by atoms with Crippen LogP contribution in [0.5, 0.6) is 5.75 Å². The summed E-state index contributed by atoms with van der Waals surface area (Å²) in [4.78, 5) is 18.0. The van der Waals surface area contributed by atoms with Crippen LogP contribution in [0.1, 0.15) is 17.9 Å². The van der Waals surface area contributed by atoms with Crippen LogP contribution in [0.15, 0.2) is 47.0 Å². The smallest absolute Gasteiger partial charge is 0.418 e. The first-order valence-electron chi connectivity index (χ1n) is 9.33. The minimum absolute atomic E-state index is 0.0894. The van der Waals surface area contributed by atoms with E-state index in [1.807, 2.05) is 0 Å². The van der Waals surface area contributed by atoms with Crippen LogP contribution in [-0.4, -0.2) is 37.3 Å². The van der Waals surface area contributed by atoms with Gasteiger partial charge in [0.2, 0.25) is 17.6 Å². The number of ether oxygens (including phenoxy) is 1. The quantitative estimate of drug-likeness (QED) is 0.594. The van der Waals surface area contributed by atoms with E-state index in [1.165, 1.54) is 12.1 Å². The second kappa shape index (κ2) is 9.07. The Balaban J connectivity index is 1.65. The second-order valence-electron chi connectivity index (χ2n) is 6.91. The summed E-state index contributed by atoms with van der Waals surface area (Å²) in [6.07, 6.45) is -4.63. The van der Waals surface area contributed by atoms with Crippen LogP contribution < -0.4 is 15.0 Å². The molecular weight excluding hydrogens is 413 g/mol. The number of methoxy groups -OCH3 is 1. The van der Waals surface area contributed by atoms with E-state index in [-0.39, 0.29) is 24.4 Å². The van der Waals surface area contributed by atoms with Gasteiger partial charge in [-0.2, -0.15) is 18.2 Å². The zero-order chi connectivity index (χ0) is 22.6. The first kappa shape index (κ1) is 22.1. The molecule has 1 aromatic heterocycles. The molecule has 7 nitrogen and oxygen atoms in total. The molecule has 0 aliphatic rings. The molecule has 0 bridgehead atoms. The first-order valence-corrected chi connectivity index (χ1v) is 9.33. The number of carbonyl (C=O) groups excluding carboxylic acids is 1. The maximum absolute atomic E-state index is 13.4. The largest absolute Gasteiger partial charge is 0.497 e. The van der Waals surface area contributed by atoms with E-state index in [9.17, 15) is 18.0 Å². The lowest BCUT2D eigenvalue weighted by molar-refractivity contribution is -0.136. The summed E-state index contributed by atoms with van der Waals surface area (Å²) >= 11 is 0. The minimum Gasteiger partial charge on any atom is -0.497 e. The average molecular weight is 434 g/mol. The van der Waals surface area contributed by atoms with E-state index in [1.54, 1.807) is 50.4 Å². The maximum Gasteiger partial charge on any atom is 0.418 e. The third-order valence-corrected chi connectivity index (χ3v) is 4.48. The molecule has 0 aliphatic carbocycles. The van der Waals surface area contributed by atoms with Crippen LogP contribution in [0.2, 0.25) is 0 Å². The Morgan fingerprint density at radius 1 is 1.16 bits per heavy atom. The molecule has 3 rings (SSSR count). The van der Waals surface area contributed by atoms with Crippen molar-refractivity contribution < 1.29 is 27.2 Å². The molecule has 0 fully saturated rings. The average Bonchev–Trinajstić information content (AvgIpc) is 3.21. The highest BCUT2D eigenvalue weighted by Gasteiger charge is 2.34. The molecule has 1 heterocycles. The van der Waals surface area contributed by atoms with Gasteiger partial charge in [-0.25, -0.2) is 0 Å². The summed E-state index contributed by atoms with van der Waals surface area (Å²) < 4.78 is 50.4. The summed E-state index contributed by atoms with van der Waals surface area (Å²) in [7, 11) is 4.83. The van der Waals surface area contributed by atoms with Gasteiger partial charge in [-0.15, -0.1) is 0 Å². The summed E-state index contributed by atoms with van der Waals surface area (Å²) in [5.74, 6) is 0.643. The molecule has 1 amide bonds. The molecule has 3 aromatic rings. The van der Waals surface area contributed by atoms with Crippen LogP contribution >= 0.6 is 0 Å². The molecule has 0 saturated heterocycles. The SMILES string of the molecule is COc1ccc(-c2noc(CCC(=O)Nc3ccc(N(C)C)cc3C(F)(F)F)n2)cc1. The van der Waals surface area contributed by atoms with Crippen molar-refractivity contribution in [1.29, 1.82) is 0 Å². The Hall–Kier alpha value is -3.56. The summed E-state index contributed by atoms with van der Waals surface area (Å²) in [6, 6.07) is 10.8. The Bertz CT molecular complexity index is 1050. The number of rotatable bonds is 7. The monoisotopic (exact) mass is 434 g/mol. The third-order valence-electron chi connectivity index (χ3n) is 4.48. The molecule has 0 saturated carbocycles. The van der Waals surface area contributed by atoms with Crippen molar-refractivity contribution in [2.75, 3.05) is 31.4 Å². The van der Waals surface area contributed by atoms with Gasteiger partial charge in [-0.1, -0.05) is 5.16 Å². The van der Waals surface area contributed by atoms with Crippen molar-refractivity contribution in [3.63, 3.8) is 0 Å². The molecule has 0 unspecified atom stereocenters. The van der Waals surface area contributed by atoms with Crippen molar-refractivity contribution in [3.8, 4) is 17.1 Å². The van der Waals surface area contributed by atoms with Crippen LogP contribution in [-0.2, 0) is 17.4 Å². The molecule has 10 heteroatoms. The van der Waals surface area contributed by atoms with Crippen molar-refractivity contribution in [2.24, 2.45) is 0 Å². The number of halogens is 3. The van der Waals surface area contributed by atoms with Gasteiger partial charge in [0, 0.05) is 38.2 Å². The lowest BCUT2D eigenvalue weighted by Gasteiger charge is -2.18. The van der Waals surface area contributed by atoms with Crippen molar-refractivity contribution in [2.45, 2.75) is 19.0 Å². The Morgan fingerprint density at radius 2 is 1.87 bits per heavy atom. The maximum atomic E-state index is 13.4. The van der Waals surface area contributed by atoms with Gasteiger partial charge in [-0.05, 0) is 42.5 Å². The zero-order valence-corrected chi connectivity index (χ0v) is 17.2. The van der Waals surface area contributed by atoms with E-state index < -0.39 is 17.6 Å². The highest BCUT2D eigenvalue weighted by Crippen LogP contribution is 2.37. The number of hydrogen-bond donors (Lipinski definition) is 1. The summed E-state index contributed by atoms with van der Waals surface area (Å²) in [5.41, 5.74) is -0.127. The fourth-order valence-corrected chi connectivity index (χ4v) is 2.80. The topological polar surface area (TPSA) is 80.5 Å². The van der Waals surface area contributed by atoms with Crippen molar-refractivity contribution in [1.82, 2.24) is 10.1 Å². The van der Waals surface area contributed by atoms with Gasteiger partial charge in [0.15, 0.2) is 0 Å². The van der Waals surface area contributed by atoms with Crippen LogP contribution in [0.3, 0.4) is 0 Å². The van der Waals surface area contributed by atoms with E-state index in [4.69, 9.17) is 9.26 Å². The number of aromatic nitrogens is 2. The fraction of sp³-hybridized carbons (Fsp3) is 0.286. The lowest BCUT2D eigenvalue weighted by Crippen LogP contribution is -2.18. The summed E-state index contributed by atoms with van der Waals surface area (Å²) in [5, 5.41) is 6.19. The highest BCUT2D eigenvalue weighted by molar-refractivity contribution is 5.92. The van der Waals surface area contributed by atoms with Gasteiger partial charge >= 0.3 is 6.18 Å². The van der Waals surface area contributed by atoms with E-state index >= 15 is 0 Å². The molecule has 164 valence electrons. The number of alkyl halides is 3. The molecule has 0 atom stereocenters. The predicted molar refractivity (Wildman–Crippen MR) is 109 cm³/mol. The Labute approximate surface area is 176 Å². The van der Waals surface area contributed by atoms with Gasteiger partial charge in [0.1, 0.15) is 5.75 Å². The van der Waals surface area contributed by atoms with Crippen LogP contribution in [0.4, 0.5) is 24.5 Å². The van der Waals surface area contributed by atoms with Gasteiger partial charge in [0.05, 0.1) is 18.4 Å². The molecule has 2 aromatic carbocycles. The van der Waals surface area contributed by atoms with E-state index in [0.29, 0.717) is 22.8 Å². The molecule has 0 radical (unpaired) electrons. The minimum atomic E-state index is -4.60. The second-order valence-corrected chi connectivity index (χ2v) is 6.91. The van der Waals surface area contributed by atoms with E-state index in [0.717, 1.165) is 6.07 Å². The number of benzene rings is 2. The summed E-state index contributed by atoms with van der Waals surface area (Å²) in [6.45, 7) is 0. The molecule has 0 spiro atoms. The molecule has 1 N–H and O–H groups in total. The fourth-order valence-electron chi connectivity index (χ4n) is 2.80. The number of amides is 1. The normalized spacial score (nSPS) is 11.3. The molecule has 31 heavy (non-hydrogen) atoms. The van der Waals surface area contributed by atoms with Crippen molar-refractivity contribution in [3.05, 3.63) is 53.9 Å². The van der Waals surface area contributed by atoms with Gasteiger partial charge < -0.3 is 19.5 Å². The van der Waals surface area contributed by atoms with Gasteiger partial charge in [0.25, 0.3) is 0 Å². The third kappa shape index (κ3) is 5.53. The number of hydrogen-bond acceptors (Lipinski definition) is 6. The highest BCUT2D eigenvalue weighted by atomic mass is 19.4. The Kier molecular flexibility index (Phi) is 6.47. The molecular formula is C21H21F3N4O3. The number of aryl methyl sites for hydroxylation is 1.